The Morgan fingerprint density at radius 3 is 2.89 bits per heavy atom. The Hall–Kier alpha value is -1.32. The van der Waals surface area contributed by atoms with Crippen molar-refractivity contribution < 1.29 is 4.79 Å². The number of rotatable bonds is 4. The van der Waals surface area contributed by atoms with Crippen LogP contribution in [0.2, 0.25) is 0 Å². The summed E-state index contributed by atoms with van der Waals surface area (Å²) in [6.07, 6.45) is 11.0. The molecule has 1 amide bonds. The lowest BCUT2D eigenvalue weighted by Crippen LogP contribution is -2.39. The second-order valence-electron chi connectivity index (χ2n) is 6.15. The van der Waals surface area contributed by atoms with Crippen LogP contribution in [0.3, 0.4) is 0 Å². The lowest BCUT2D eigenvalue weighted by atomic mass is 9.84. The SMILES string of the molecule is C[C@@H](NC(=O)C1C[C@@H]1c1cnc[nH]1)C1CCCCC1. The van der Waals surface area contributed by atoms with Crippen LogP contribution in [-0.4, -0.2) is 21.9 Å². The smallest absolute Gasteiger partial charge is 0.224 e. The van der Waals surface area contributed by atoms with E-state index in [4.69, 9.17) is 0 Å². The molecule has 0 bridgehead atoms. The van der Waals surface area contributed by atoms with Crippen molar-refractivity contribution in [1.29, 1.82) is 0 Å². The Labute approximate surface area is 114 Å². The Balaban J connectivity index is 1.49. The summed E-state index contributed by atoms with van der Waals surface area (Å²) in [5.74, 6) is 1.44. The molecular weight excluding hydrogens is 238 g/mol. The van der Waals surface area contributed by atoms with Crippen molar-refractivity contribution in [2.45, 2.75) is 57.4 Å². The van der Waals surface area contributed by atoms with Crippen LogP contribution in [0.25, 0.3) is 0 Å². The second kappa shape index (κ2) is 5.35. The number of imidazole rings is 1. The molecule has 2 N–H and O–H groups in total. The Bertz CT molecular complexity index is 423. The van der Waals surface area contributed by atoms with E-state index in [2.05, 4.69) is 22.2 Å². The van der Waals surface area contributed by atoms with E-state index in [9.17, 15) is 4.79 Å². The zero-order valence-electron chi connectivity index (χ0n) is 11.6. The van der Waals surface area contributed by atoms with Crippen LogP contribution in [0.4, 0.5) is 0 Å². The third-order valence-corrected chi connectivity index (χ3v) is 4.77. The Morgan fingerprint density at radius 2 is 2.21 bits per heavy atom. The maximum absolute atomic E-state index is 12.2. The zero-order valence-corrected chi connectivity index (χ0v) is 11.6. The average molecular weight is 261 g/mol. The predicted molar refractivity (Wildman–Crippen MR) is 73.6 cm³/mol. The number of nitrogens with zero attached hydrogens (tertiary/aromatic N) is 1. The van der Waals surface area contributed by atoms with Gasteiger partial charge >= 0.3 is 0 Å². The molecule has 4 nitrogen and oxygen atoms in total. The van der Waals surface area contributed by atoms with Gasteiger partial charge in [0, 0.05) is 29.8 Å². The van der Waals surface area contributed by atoms with Gasteiger partial charge in [-0.1, -0.05) is 19.3 Å². The highest BCUT2D eigenvalue weighted by Gasteiger charge is 2.45. The number of aromatic nitrogens is 2. The zero-order chi connectivity index (χ0) is 13.2. The second-order valence-corrected chi connectivity index (χ2v) is 6.15. The molecule has 0 aromatic carbocycles. The number of hydrogen-bond acceptors (Lipinski definition) is 2. The number of aromatic amines is 1. The van der Waals surface area contributed by atoms with E-state index in [0.29, 0.717) is 17.9 Å². The van der Waals surface area contributed by atoms with E-state index in [1.165, 1.54) is 32.1 Å². The highest BCUT2D eigenvalue weighted by atomic mass is 16.2. The molecule has 1 aromatic rings. The molecule has 1 aromatic heterocycles. The highest BCUT2D eigenvalue weighted by Crippen LogP contribution is 2.46. The summed E-state index contributed by atoms with van der Waals surface area (Å²) in [7, 11) is 0. The van der Waals surface area contributed by atoms with E-state index in [1.807, 2.05) is 6.20 Å². The molecule has 104 valence electrons. The molecule has 1 heterocycles. The summed E-state index contributed by atoms with van der Waals surface area (Å²) in [6, 6.07) is 0.329. The van der Waals surface area contributed by atoms with Gasteiger partial charge in [0.15, 0.2) is 0 Å². The standard InChI is InChI=1S/C15H23N3O/c1-10(11-5-3-2-4-6-11)18-15(19)13-7-12(13)14-8-16-9-17-14/h8-13H,2-7H2,1H3,(H,16,17)(H,18,19)/t10-,12+,13?/m1/s1. The van der Waals surface area contributed by atoms with Gasteiger partial charge in [0.1, 0.15) is 0 Å². The Kier molecular flexibility index (Phi) is 3.58. The number of carbonyl (C=O) groups excluding carboxylic acids is 1. The van der Waals surface area contributed by atoms with Gasteiger partial charge in [-0.05, 0) is 32.1 Å². The fraction of sp³-hybridized carbons (Fsp3) is 0.733. The number of amides is 1. The van der Waals surface area contributed by atoms with Gasteiger partial charge < -0.3 is 10.3 Å². The van der Waals surface area contributed by atoms with Gasteiger partial charge in [-0.25, -0.2) is 4.98 Å². The lowest BCUT2D eigenvalue weighted by molar-refractivity contribution is -0.123. The van der Waals surface area contributed by atoms with Crippen molar-refractivity contribution in [2.24, 2.45) is 11.8 Å². The lowest BCUT2D eigenvalue weighted by Gasteiger charge is -2.28. The summed E-state index contributed by atoms with van der Waals surface area (Å²) >= 11 is 0. The van der Waals surface area contributed by atoms with Gasteiger partial charge in [0.05, 0.1) is 6.33 Å². The van der Waals surface area contributed by atoms with Crippen LogP contribution in [0, 0.1) is 11.8 Å². The summed E-state index contributed by atoms with van der Waals surface area (Å²) < 4.78 is 0. The maximum atomic E-state index is 12.2. The molecule has 2 aliphatic carbocycles. The molecule has 3 rings (SSSR count). The van der Waals surface area contributed by atoms with E-state index >= 15 is 0 Å². The molecular formula is C15H23N3O. The van der Waals surface area contributed by atoms with Crippen LogP contribution in [0.15, 0.2) is 12.5 Å². The van der Waals surface area contributed by atoms with Crippen LogP contribution in [0.1, 0.15) is 57.1 Å². The number of carbonyl (C=O) groups is 1. The fourth-order valence-electron chi connectivity index (χ4n) is 3.38. The summed E-state index contributed by atoms with van der Waals surface area (Å²) in [5.41, 5.74) is 1.10. The summed E-state index contributed by atoms with van der Waals surface area (Å²) in [5, 5.41) is 3.23. The minimum absolute atomic E-state index is 0.159. The van der Waals surface area contributed by atoms with Gasteiger partial charge in [-0.2, -0.15) is 0 Å². The first-order valence-corrected chi connectivity index (χ1v) is 7.54. The van der Waals surface area contributed by atoms with E-state index in [0.717, 1.165) is 12.1 Å². The largest absolute Gasteiger partial charge is 0.353 e. The van der Waals surface area contributed by atoms with Crippen molar-refractivity contribution in [3.05, 3.63) is 18.2 Å². The molecule has 19 heavy (non-hydrogen) atoms. The van der Waals surface area contributed by atoms with Crippen molar-refractivity contribution in [3.8, 4) is 0 Å². The molecule has 3 atom stereocenters. The van der Waals surface area contributed by atoms with Crippen LogP contribution >= 0.6 is 0 Å². The van der Waals surface area contributed by atoms with E-state index in [1.54, 1.807) is 6.33 Å². The first kappa shape index (κ1) is 12.7. The third kappa shape index (κ3) is 2.82. The van der Waals surface area contributed by atoms with Gasteiger partial charge in [0.2, 0.25) is 5.91 Å². The molecule has 0 aliphatic heterocycles. The van der Waals surface area contributed by atoms with Gasteiger partial charge in [0.25, 0.3) is 0 Å². The van der Waals surface area contributed by atoms with Gasteiger partial charge in [-0.3, -0.25) is 4.79 Å². The maximum Gasteiger partial charge on any atom is 0.224 e. The monoisotopic (exact) mass is 261 g/mol. The molecule has 0 spiro atoms. The predicted octanol–water partition coefficient (Wildman–Crippen LogP) is 2.60. The number of nitrogens with one attached hydrogen (secondary N) is 2. The van der Waals surface area contributed by atoms with E-state index < -0.39 is 0 Å². The Morgan fingerprint density at radius 1 is 1.42 bits per heavy atom. The normalized spacial score (nSPS) is 28.9. The van der Waals surface area contributed by atoms with Crippen LogP contribution in [-0.2, 0) is 4.79 Å². The van der Waals surface area contributed by atoms with Crippen molar-refractivity contribution in [3.63, 3.8) is 0 Å². The molecule has 2 saturated carbocycles. The van der Waals surface area contributed by atoms with Gasteiger partial charge in [-0.15, -0.1) is 0 Å². The van der Waals surface area contributed by atoms with Crippen molar-refractivity contribution in [1.82, 2.24) is 15.3 Å². The minimum atomic E-state index is 0.159. The molecule has 2 fully saturated rings. The number of H-pyrrole nitrogens is 1. The molecule has 0 saturated heterocycles. The van der Waals surface area contributed by atoms with Crippen molar-refractivity contribution >= 4 is 5.91 Å². The topological polar surface area (TPSA) is 57.8 Å². The summed E-state index contributed by atoms with van der Waals surface area (Å²) in [4.78, 5) is 19.4. The molecule has 2 aliphatic rings. The van der Waals surface area contributed by atoms with Crippen LogP contribution in [0.5, 0.6) is 0 Å². The third-order valence-electron chi connectivity index (χ3n) is 4.77. The minimum Gasteiger partial charge on any atom is -0.353 e. The molecule has 0 radical (unpaired) electrons. The van der Waals surface area contributed by atoms with E-state index in [-0.39, 0.29) is 11.8 Å². The average Bonchev–Trinajstić information content (AvgIpc) is 3.06. The molecule has 1 unspecified atom stereocenters. The first-order valence-electron chi connectivity index (χ1n) is 7.54. The molecule has 4 heteroatoms. The fourth-order valence-corrected chi connectivity index (χ4v) is 3.38. The highest BCUT2D eigenvalue weighted by molar-refractivity contribution is 5.83. The van der Waals surface area contributed by atoms with Crippen LogP contribution < -0.4 is 5.32 Å². The quantitative estimate of drug-likeness (QED) is 0.875. The van der Waals surface area contributed by atoms with Crippen molar-refractivity contribution in [2.75, 3.05) is 0 Å². The summed E-state index contributed by atoms with van der Waals surface area (Å²) in [6.45, 7) is 2.17. The number of hydrogen-bond donors (Lipinski definition) is 2. The first-order chi connectivity index (χ1) is 9.25.